The lowest BCUT2D eigenvalue weighted by Gasteiger charge is -2.33. The summed E-state index contributed by atoms with van der Waals surface area (Å²) in [7, 11) is 0. The van der Waals surface area contributed by atoms with Gasteiger partial charge in [-0.25, -0.2) is 0 Å². The van der Waals surface area contributed by atoms with Crippen LogP contribution in [-0.4, -0.2) is 18.6 Å². The minimum Gasteiger partial charge on any atom is -0.369 e. The molecule has 0 radical (unpaired) electrons. The predicted octanol–water partition coefficient (Wildman–Crippen LogP) is 4.63. The van der Waals surface area contributed by atoms with Gasteiger partial charge in [-0.1, -0.05) is 37.9 Å². The molecule has 2 nitrogen and oxygen atoms in total. The lowest BCUT2D eigenvalue weighted by atomic mass is 10.0. The normalized spacial score (nSPS) is 14.1. The smallest absolute Gasteiger partial charge is 0.0426 e. The Morgan fingerprint density at radius 2 is 1.95 bits per heavy atom. The quantitative estimate of drug-likeness (QED) is 0.757. The highest BCUT2D eigenvalue weighted by Gasteiger charge is 2.17. The van der Waals surface area contributed by atoms with Crippen molar-refractivity contribution < 1.29 is 0 Å². The maximum atomic E-state index is 6.22. The Hall–Kier alpha value is -0.730. The van der Waals surface area contributed by atoms with E-state index in [0.29, 0.717) is 6.04 Å². The van der Waals surface area contributed by atoms with Gasteiger partial charge in [0.15, 0.2) is 0 Å². The maximum Gasteiger partial charge on any atom is 0.0426 e. The minimum atomic E-state index is 0.167. The van der Waals surface area contributed by atoms with Gasteiger partial charge in [-0.3, -0.25) is 0 Å². The Morgan fingerprint density at radius 3 is 2.50 bits per heavy atom. The summed E-state index contributed by atoms with van der Waals surface area (Å²) in [4.78, 5) is 2.49. The first kappa shape index (κ1) is 17.3. The Kier molecular flexibility index (Phi) is 7.39. The molecule has 0 aliphatic carbocycles. The van der Waals surface area contributed by atoms with Gasteiger partial charge in [0.25, 0.3) is 0 Å². The van der Waals surface area contributed by atoms with Gasteiger partial charge >= 0.3 is 0 Å². The van der Waals surface area contributed by atoms with Gasteiger partial charge in [0.05, 0.1) is 0 Å². The number of benzene rings is 1. The molecule has 3 heteroatoms. The number of unbranched alkanes of at least 4 members (excludes halogenated alkanes) is 1. The summed E-state index contributed by atoms with van der Waals surface area (Å²) in [6, 6.07) is 6.88. The van der Waals surface area contributed by atoms with Crippen LogP contribution in [0.25, 0.3) is 0 Å². The van der Waals surface area contributed by atoms with Crippen LogP contribution in [0.3, 0.4) is 0 Å². The average Bonchev–Trinajstić information content (AvgIpc) is 2.41. The summed E-state index contributed by atoms with van der Waals surface area (Å²) in [6.45, 7) is 9.89. The molecule has 0 spiro atoms. The van der Waals surface area contributed by atoms with Crippen molar-refractivity contribution >= 4 is 17.3 Å². The molecule has 2 atom stereocenters. The van der Waals surface area contributed by atoms with E-state index in [1.807, 2.05) is 6.07 Å². The number of nitrogens with zero attached hydrogens (tertiary/aromatic N) is 1. The monoisotopic (exact) mass is 296 g/mol. The lowest BCUT2D eigenvalue weighted by Crippen LogP contribution is -2.34. The van der Waals surface area contributed by atoms with Crippen LogP contribution in [0.4, 0.5) is 5.69 Å². The summed E-state index contributed by atoms with van der Waals surface area (Å²) in [5.41, 5.74) is 8.56. The molecule has 1 rings (SSSR count). The molecular weight excluding hydrogens is 268 g/mol. The van der Waals surface area contributed by atoms with Gasteiger partial charge in [0, 0.05) is 29.3 Å². The fraction of sp³-hybridized carbons (Fsp3) is 0.647. The van der Waals surface area contributed by atoms with Gasteiger partial charge in [-0.15, -0.1) is 0 Å². The van der Waals surface area contributed by atoms with Gasteiger partial charge in [-0.05, 0) is 50.8 Å². The molecule has 0 bridgehead atoms. The van der Waals surface area contributed by atoms with E-state index < -0.39 is 0 Å². The second-order valence-electron chi connectivity index (χ2n) is 5.76. The molecule has 0 aromatic heterocycles. The van der Waals surface area contributed by atoms with Crippen LogP contribution < -0.4 is 10.6 Å². The molecule has 0 aliphatic heterocycles. The first-order valence-electron chi connectivity index (χ1n) is 7.80. The lowest BCUT2D eigenvalue weighted by molar-refractivity contribution is 0.591. The molecule has 0 amide bonds. The zero-order chi connectivity index (χ0) is 15.1. The molecule has 0 aliphatic rings. The minimum absolute atomic E-state index is 0.167. The van der Waals surface area contributed by atoms with Crippen molar-refractivity contribution in [1.29, 1.82) is 0 Å². The molecule has 0 fully saturated rings. The van der Waals surface area contributed by atoms with E-state index in [-0.39, 0.29) is 6.04 Å². The van der Waals surface area contributed by atoms with Gasteiger partial charge in [0.1, 0.15) is 0 Å². The fourth-order valence-corrected chi connectivity index (χ4v) is 2.62. The van der Waals surface area contributed by atoms with Crippen molar-refractivity contribution in [1.82, 2.24) is 0 Å². The highest BCUT2D eigenvalue weighted by molar-refractivity contribution is 6.30. The Labute approximate surface area is 129 Å². The van der Waals surface area contributed by atoms with E-state index in [1.165, 1.54) is 24.1 Å². The zero-order valence-electron chi connectivity index (χ0n) is 13.3. The maximum absolute atomic E-state index is 6.22. The van der Waals surface area contributed by atoms with E-state index in [9.17, 15) is 0 Å². The molecule has 1 aromatic carbocycles. The van der Waals surface area contributed by atoms with Crippen molar-refractivity contribution in [3.05, 3.63) is 28.8 Å². The summed E-state index contributed by atoms with van der Waals surface area (Å²) >= 11 is 6.22. The van der Waals surface area contributed by atoms with Gasteiger partial charge < -0.3 is 10.6 Å². The molecule has 1 aromatic rings. The van der Waals surface area contributed by atoms with Crippen LogP contribution in [0.5, 0.6) is 0 Å². The molecule has 0 saturated heterocycles. The van der Waals surface area contributed by atoms with Crippen molar-refractivity contribution in [3.63, 3.8) is 0 Å². The molecular formula is C17H29ClN2. The predicted molar refractivity (Wildman–Crippen MR) is 90.8 cm³/mol. The third kappa shape index (κ3) is 4.99. The van der Waals surface area contributed by atoms with E-state index in [0.717, 1.165) is 24.4 Å². The van der Waals surface area contributed by atoms with Crippen LogP contribution >= 0.6 is 11.6 Å². The number of rotatable bonds is 8. The summed E-state index contributed by atoms with van der Waals surface area (Å²) in [5.74, 6) is 0. The standard InChI is InChI=1S/C17H29ClN2/c1-5-7-10-20(14(4)6-2)17-12-16(18)9-8-15(17)11-13(3)19/h8-9,12-14H,5-7,10-11,19H2,1-4H3. The fourth-order valence-electron chi connectivity index (χ4n) is 2.45. The summed E-state index contributed by atoms with van der Waals surface area (Å²) in [5, 5.41) is 0.804. The third-order valence-corrected chi connectivity index (χ3v) is 4.01. The molecule has 20 heavy (non-hydrogen) atoms. The highest BCUT2D eigenvalue weighted by Crippen LogP contribution is 2.28. The van der Waals surface area contributed by atoms with Crippen LogP contribution in [0.2, 0.25) is 5.02 Å². The first-order chi connectivity index (χ1) is 9.49. The number of hydrogen-bond donors (Lipinski definition) is 1. The van der Waals surface area contributed by atoms with Crippen molar-refractivity contribution in [2.45, 2.75) is 65.5 Å². The van der Waals surface area contributed by atoms with Crippen LogP contribution in [-0.2, 0) is 6.42 Å². The zero-order valence-corrected chi connectivity index (χ0v) is 14.1. The summed E-state index contributed by atoms with van der Waals surface area (Å²) < 4.78 is 0. The molecule has 0 saturated carbocycles. The Balaban J connectivity index is 3.11. The van der Waals surface area contributed by atoms with Crippen LogP contribution in [0.1, 0.15) is 52.5 Å². The van der Waals surface area contributed by atoms with Crippen molar-refractivity contribution in [2.75, 3.05) is 11.4 Å². The Morgan fingerprint density at radius 1 is 1.25 bits per heavy atom. The largest absolute Gasteiger partial charge is 0.369 e. The van der Waals surface area contributed by atoms with E-state index >= 15 is 0 Å². The highest BCUT2D eigenvalue weighted by atomic mass is 35.5. The number of hydrogen-bond acceptors (Lipinski definition) is 2. The average molecular weight is 297 g/mol. The van der Waals surface area contributed by atoms with Crippen molar-refractivity contribution in [3.8, 4) is 0 Å². The van der Waals surface area contributed by atoms with Crippen LogP contribution in [0.15, 0.2) is 18.2 Å². The van der Waals surface area contributed by atoms with Gasteiger partial charge in [-0.2, -0.15) is 0 Å². The van der Waals surface area contributed by atoms with E-state index in [4.69, 9.17) is 17.3 Å². The first-order valence-corrected chi connectivity index (χ1v) is 8.18. The molecule has 0 heterocycles. The van der Waals surface area contributed by atoms with Crippen molar-refractivity contribution in [2.24, 2.45) is 5.73 Å². The topological polar surface area (TPSA) is 29.3 Å². The molecule has 2 unspecified atom stereocenters. The second kappa shape index (κ2) is 8.53. The summed E-state index contributed by atoms with van der Waals surface area (Å²) in [6.07, 6.45) is 4.43. The Bertz CT molecular complexity index is 404. The third-order valence-electron chi connectivity index (χ3n) is 3.77. The SMILES string of the molecule is CCCCN(c1cc(Cl)ccc1CC(C)N)C(C)CC. The number of nitrogens with two attached hydrogens (primary N) is 1. The van der Waals surface area contributed by atoms with E-state index in [1.54, 1.807) is 0 Å². The molecule has 2 N–H and O–H groups in total. The number of halogens is 1. The van der Waals surface area contributed by atoms with Gasteiger partial charge in [0.2, 0.25) is 0 Å². The molecule has 114 valence electrons. The number of anilines is 1. The second-order valence-corrected chi connectivity index (χ2v) is 6.20. The van der Waals surface area contributed by atoms with Crippen LogP contribution in [0, 0.1) is 0 Å². The van der Waals surface area contributed by atoms with E-state index in [2.05, 4.69) is 44.7 Å².